The molecule has 3 fully saturated rings. The largest absolute Gasteiger partial charge is 0.310 e. The van der Waals surface area contributed by atoms with Crippen LogP contribution in [0.3, 0.4) is 0 Å². The van der Waals surface area contributed by atoms with Crippen LogP contribution in [-0.2, 0) is 5.41 Å². The third-order valence-electron chi connectivity index (χ3n) is 14.4. The van der Waals surface area contributed by atoms with E-state index in [1.54, 1.807) is 11.1 Å². The van der Waals surface area contributed by atoms with Crippen molar-refractivity contribution in [1.29, 1.82) is 0 Å². The van der Waals surface area contributed by atoms with Crippen LogP contribution in [0.5, 0.6) is 0 Å². The summed E-state index contributed by atoms with van der Waals surface area (Å²) in [6, 6.07) is 62.0. The van der Waals surface area contributed by atoms with E-state index < -0.39 is 0 Å². The zero-order valence-corrected chi connectivity index (χ0v) is 30.6. The van der Waals surface area contributed by atoms with Gasteiger partial charge in [-0.15, -0.1) is 0 Å². The second-order valence-electron chi connectivity index (χ2n) is 16.9. The van der Waals surface area contributed by atoms with Gasteiger partial charge in [-0.2, -0.15) is 0 Å². The van der Waals surface area contributed by atoms with E-state index in [-0.39, 0.29) is 5.41 Å². The van der Waals surface area contributed by atoms with E-state index in [1.165, 1.54) is 98.8 Å². The van der Waals surface area contributed by atoms with Crippen LogP contribution < -0.4 is 4.90 Å². The lowest BCUT2D eigenvalue weighted by Gasteiger charge is -2.57. The molecule has 4 aliphatic carbocycles. The Bertz CT molecular complexity index is 2770. The molecular weight excluding hydrogens is 651 g/mol. The fourth-order valence-electron chi connectivity index (χ4n) is 12.0. The normalized spacial score (nSPS) is 23.6. The molecule has 4 aliphatic rings. The summed E-state index contributed by atoms with van der Waals surface area (Å²) in [6.07, 6.45) is 8.54. The number of hydrogen-bond acceptors (Lipinski definition) is 1. The third kappa shape index (κ3) is 4.45. The van der Waals surface area contributed by atoms with Gasteiger partial charge in [0.25, 0.3) is 0 Å². The highest BCUT2D eigenvalue weighted by molar-refractivity contribution is 6.14. The minimum absolute atomic E-state index is 0.159. The van der Waals surface area contributed by atoms with Gasteiger partial charge < -0.3 is 4.90 Å². The molecule has 0 aromatic heterocycles. The Hall–Kier alpha value is -5.66. The molecule has 0 N–H and O–H groups in total. The van der Waals surface area contributed by atoms with Crippen molar-refractivity contribution in [2.24, 2.45) is 23.7 Å². The van der Waals surface area contributed by atoms with Crippen LogP contribution in [-0.4, -0.2) is 0 Å². The lowest BCUT2D eigenvalue weighted by molar-refractivity contribution is -0.0103. The predicted molar refractivity (Wildman–Crippen MR) is 227 cm³/mol. The molecule has 0 saturated heterocycles. The van der Waals surface area contributed by atoms with Gasteiger partial charge in [-0.05, 0) is 152 Å². The SMILES string of the molecule is c1ccc2c(c1)-c1ccc(-c3ccc(N(c4ccc5ccccc5c4)c4cc5ccccc5c5ccccc45)cc3)cc1C21CC2CCC3CC2CC1C3. The Morgan fingerprint density at radius 1 is 0.444 bits per heavy atom. The quantitative estimate of drug-likeness (QED) is 0.166. The van der Waals surface area contributed by atoms with Crippen molar-refractivity contribution in [3.63, 3.8) is 0 Å². The summed E-state index contributed by atoms with van der Waals surface area (Å²) < 4.78 is 0. The molecule has 5 unspecified atom stereocenters. The zero-order valence-electron chi connectivity index (χ0n) is 30.6. The highest BCUT2D eigenvalue weighted by Crippen LogP contribution is 2.66. The number of anilines is 3. The Balaban J connectivity index is 0.999. The summed E-state index contributed by atoms with van der Waals surface area (Å²) in [4.78, 5) is 2.47. The van der Waals surface area contributed by atoms with E-state index in [9.17, 15) is 0 Å². The molecule has 1 heteroatoms. The predicted octanol–water partition coefficient (Wildman–Crippen LogP) is 14.4. The van der Waals surface area contributed by atoms with E-state index in [4.69, 9.17) is 0 Å². The van der Waals surface area contributed by atoms with Crippen molar-refractivity contribution in [2.75, 3.05) is 4.90 Å². The standard InChI is InChI=1S/C53H43N/c1-2-10-37-30-44(25-21-35(37)9-1)54(52-32-39-11-3-4-12-45(39)46-13-5-6-15-49(46)52)43-23-19-36(20-24-43)38-22-26-48-47-14-7-8-16-50(47)53(51(48)31-38)33-40-18-17-34-27-41(40)29-42(53)28-34/h1-16,19-26,30-32,34,40-42H,17-18,27-29,33H2. The molecule has 8 aromatic rings. The summed E-state index contributed by atoms with van der Waals surface area (Å²) in [7, 11) is 0. The molecule has 12 rings (SSSR count). The first-order valence-corrected chi connectivity index (χ1v) is 20.3. The molecule has 3 saturated carbocycles. The van der Waals surface area contributed by atoms with Crippen molar-refractivity contribution in [1.82, 2.24) is 0 Å². The van der Waals surface area contributed by atoms with Gasteiger partial charge in [-0.1, -0.05) is 134 Å². The maximum atomic E-state index is 2.62. The summed E-state index contributed by atoms with van der Waals surface area (Å²) in [5.74, 6) is 3.50. The number of hydrogen-bond donors (Lipinski definition) is 0. The Morgan fingerprint density at radius 3 is 2.04 bits per heavy atom. The lowest BCUT2D eigenvalue weighted by atomic mass is 9.47. The van der Waals surface area contributed by atoms with Gasteiger partial charge in [-0.25, -0.2) is 0 Å². The van der Waals surface area contributed by atoms with Crippen molar-refractivity contribution in [3.05, 3.63) is 175 Å². The average molecular weight is 694 g/mol. The van der Waals surface area contributed by atoms with E-state index in [2.05, 4.69) is 169 Å². The van der Waals surface area contributed by atoms with Gasteiger partial charge in [0.1, 0.15) is 0 Å². The molecule has 0 radical (unpaired) electrons. The van der Waals surface area contributed by atoms with Crippen LogP contribution in [0, 0.1) is 23.7 Å². The molecule has 8 aromatic carbocycles. The smallest absolute Gasteiger partial charge is 0.0546 e. The van der Waals surface area contributed by atoms with Gasteiger partial charge in [0.15, 0.2) is 0 Å². The van der Waals surface area contributed by atoms with Crippen LogP contribution in [0.25, 0.3) is 54.6 Å². The Kier molecular flexibility index (Phi) is 6.65. The van der Waals surface area contributed by atoms with Gasteiger partial charge in [-0.3, -0.25) is 0 Å². The summed E-state index contributed by atoms with van der Waals surface area (Å²) in [6.45, 7) is 0. The molecule has 5 atom stereocenters. The minimum atomic E-state index is 0.159. The molecular formula is C53H43N. The van der Waals surface area contributed by atoms with Crippen molar-refractivity contribution >= 4 is 49.4 Å². The van der Waals surface area contributed by atoms with Crippen LogP contribution >= 0.6 is 0 Å². The van der Waals surface area contributed by atoms with E-state index in [0.717, 1.165) is 35.0 Å². The fraction of sp³-hybridized carbons (Fsp3) is 0.208. The summed E-state index contributed by atoms with van der Waals surface area (Å²) in [5, 5.41) is 7.57. The number of nitrogens with zero attached hydrogens (tertiary/aromatic N) is 1. The number of benzene rings is 8. The van der Waals surface area contributed by atoms with E-state index in [1.807, 2.05) is 0 Å². The van der Waals surface area contributed by atoms with Gasteiger partial charge in [0.2, 0.25) is 0 Å². The fourth-order valence-corrected chi connectivity index (χ4v) is 12.0. The summed E-state index contributed by atoms with van der Waals surface area (Å²) in [5.41, 5.74) is 12.5. The third-order valence-corrected chi connectivity index (χ3v) is 14.4. The molecule has 54 heavy (non-hydrogen) atoms. The van der Waals surface area contributed by atoms with E-state index in [0.29, 0.717) is 0 Å². The first-order valence-electron chi connectivity index (χ1n) is 20.3. The first-order chi connectivity index (χ1) is 26.7. The zero-order chi connectivity index (χ0) is 35.4. The Labute approximate surface area is 317 Å². The van der Waals surface area contributed by atoms with Crippen molar-refractivity contribution in [3.8, 4) is 22.3 Å². The monoisotopic (exact) mass is 693 g/mol. The maximum absolute atomic E-state index is 2.62. The van der Waals surface area contributed by atoms with Crippen LogP contribution in [0.2, 0.25) is 0 Å². The van der Waals surface area contributed by atoms with Gasteiger partial charge in [0, 0.05) is 22.2 Å². The second-order valence-corrected chi connectivity index (χ2v) is 16.9. The number of fused-ring (bicyclic) bond motifs is 12. The molecule has 3 bridgehead atoms. The average Bonchev–Trinajstić information content (AvgIpc) is 3.51. The van der Waals surface area contributed by atoms with Crippen LogP contribution in [0.4, 0.5) is 17.1 Å². The minimum Gasteiger partial charge on any atom is -0.310 e. The molecule has 260 valence electrons. The summed E-state index contributed by atoms with van der Waals surface area (Å²) >= 11 is 0. The molecule has 0 amide bonds. The molecule has 1 nitrogen and oxygen atoms in total. The molecule has 0 heterocycles. The second kappa shape index (κ2) is 11.7. The van der Waals surface area contributed by atoms with Crippen molar-refractivity contribution in [2.45, 2.75) is 43.9 Å². The maximum Gasteiger partial charge on any atom is 0.0546 e. The highest BCUT2D eigenvalue weighted by Gasteiger charge is 2.57. The highest BCUT2D eigenvalue weighted by atomic mass is 15.1. The van der Waals surface area contributed by atoms with E-state index >= 15 is 0 Å². The van der Waals surface area contributed by atoms with Crippen molar-refractivity contribution < 1.29 is 0 Å². The molecule has 1 spiro atoms. The molecule has 0 aliphatic heterocycles. The van der Waals surface area contributed by atoms with Crippen LogP contribution in [0.1, 0.15) is 49.7 Å². The lowest BCUT2D eigenvalue weighted by Crippen LogP contribution is -2.50. The van der Waals surface area contributed by atoms with Gasteiger partial charge in [0.05, 0.1) is 5.69 Å². The first kappa shape index (κ1) is 30.8. The Morgan fingerprint density at radius 2 is 1.15 bits per heavy atom. The topological polar surface area (TPSA) is 3.24 Å². The number of rotatable bonds is 4. The van der Waals surface area contributed by atoms with Crippen LogP contribution in [0.15, 0.2) is 164 Å². The van der Waals surface area contributed by atoms with Gasteiger partial charge >= 0.3 is 0 Å².